The number of amides is 1. The molecule has 0 aliphatic carbocycles. The Morgan fingerprint density at radius 2 is 1.81 bits per heavy atom. The number of aromatic amines is 2. The number of nitrogens with zero attached hydrogens (tertiary/aromatic N) is 1. The lowest BCUT2D eigenvalue weighted by molar-refractivity contribution is -0.112. The van der Waals surface area contributed by atoms with Crippen molar-refractivity contribution in [3.63, 3.8) is 0 Å². The zero-order valence-electron chi connectivity index (χ0n) is 13.4. The minimum Gasteiger partial charge on any atom is -0.508 e. The van der Waals surface area contributed by atoms with E-state index in [1.54, 1.807) is 36.5 Å². The fourth-order valence-corrected chi connectivity index (χ4v) is 3.43. The number of H-pyrrole nitrogens is 2. The fourth-order valence-electron chi connectivity index (χ4n) is 3.43. The molecule has 0 unspecified atom stereocenters. The van der Waals surface area contributed by atoms with Gasteiger partial charge in [0.05, 0.1) is 22.2 Å². The van der Waals surface area contributed by atoms with Gasteiger partial charge in [-0.05, 0) is 30.3 Å². The molecule has 0 atom stereocenters. The molecule has 6 heteroatoms. The molecule has 1 amide bonds. The second-order valence-electron chi connectivity index (χ2n) is 6.19. The molecule has 5 rings (SSSR count). The van der Waals surface area contributed by atoms with Crippen LogP contribution >= 0.6 is 0 Å². The van der Waals surface area contributed by atoms with Gasteiger partial charge in [0.1, 0.15) is 5.75 Å². The van der Waals surface area contributed by atoms with E-state index in [-0.39, 0.29) is 17.5 Å². The molecule has 1 aliphatic heterocycles. The lowest BCUT2D eigenvalue weighted by atomic mass is 10.2. The third-order valence-corrected chi connectivity index (χ3v) is 4.63. The number of carbonyl (C=O) groups excluding carboxylic acids is 1. The van der Waals surface area contributed by atoms with Crippen LogP contribution in [0.1, 0.15) is 5.56 Å². The minimum atomic E-state index is -0.372. The van der Waals surface area contributed by atoms with Crippen molar-refractivity contribution in [1.29, 1.82) is 0 Å². The number of aromatic nitrogens is 2. The van der Waals surface area contributed by atoms with Gasteiger partial charge in [0.2, 0.25) is 0 Å². The Labute approximate surface area is 146 Å². The number of phenolic OH excluding ortho intramolecular Hbond substituents is 1. The zero-order chi connectivity index (χ0) is 17.8. The lowest BCUT2D eigenvalue weighted by Gasteiger charge is -1.97. The van der Waals surface area contributed by atoms with E-state index >= 15 is 0 Å². The number of aromatic hydroxyl groups is 2. The molecule has 0 bridgehead atoms. The Morgan fingerprint density at radius 1 is 0.962 bits per heavy atom. The standard InChI is InChI=1S/C20H13N3O3/c24-10-5-6-15-12(7-10)14(9-21-15)17-8-13(19(25)23-17)18-11-3-1-2-4-16(11)22-20(18)26/h1-9,21,23-25H/i9+1,14+1,18+1,20+1. The molecule has 0 saturated carbocycles. The Bertz CT molecular complexity index is 1330. The van der Waals surface area contributed by atoms with E-state index in [9.17, 15) is 15.0 Å². The van der Waals surface area contributed by atoms with Gasteiger partial charge in [-0.15, -0.1) is 0 Å². The van der Waals surface area contributed by atoms with Crippen molar-refractivity contribution in [3.8, 4) is 22.9 Å². The second-order valence-corrected chi connectivity index (χ2v) is 6.19. The highest BCUT2D eigenvalue weighted by molar-refractivity contribution is 6.21. The van der Waals surface area contributed by atoms with Crippen LogP contribution in [0.2, 0.25) is 0 Å². The maximum absolute atomic E-state index is 12.4. The van der Waals surface area contributed by atoms with Gasteiger partial charge in [-0.1, -0.05) is 18.2 Å². The first-order valence-corrected chi connectivity index (χ1v) is 8.07. The van der Waals surface area contributed by atoms with E-state index in [1.807, 2.05) is 18.2 Å². The van der Waals surface area contributed by atoms with Crippen LogP contribution in [-0.4, -0.2) is 26.1 Å². The monoisotopic (exact) mass is 347 g/mol. The molecule has 2 aromatic carbocycles. The van der Waals surface area contributed by atoms with Crippen LogP contribution in [0.25, 0.3) is 27.7 Å². The summed E-state index contributed by atoms with van der Waals surface area (Å²) in [7, 11) is 0. The maximum Gasteiger partial charge on any atom is 0.279 e. The first kappa shape index (κ1) is 14.5. The molecule has 1 aliphatic rings. The largest absolute Gasteiger partial charge is 0.508 e. The van der Waals surface area contributed by atoms with Crippen molar-refractivity contribution in [2.24, 2.45) is 4.99 Å². The Morgan fingerprint density at radius 3 is 2.69 bits per heavy atom. The van der Waals surface area contributed by atoms with E-state index < -0.39 is 0 Å². The average molecular weight is 347 g/mol. The van der Waals surface area contributed by atoms with E-state index in [1.165, 1.54) is 0 Å². The van der Waals surface area contributed by atoms with Crippen LogP contribution in [0.3, 0.4) is 0 Å². The summed E-state index contributed by atoms with van der Waals surface area (Å²) in [6, 6.07) is 14.0. The normalized spacial score (nSPS) is 13.2. The average Bonchev–Trinajstić information content (AvgIpc) is 3.28. The van der Waals surface area contributed by atoms with Gasteiger partial charge in [0.15, 0.2) is 5.88 Å². The van der Waals surface area contributed by atoms with Crippen molar-refractivity contribution in [3.05, 3.63) is 70.9 Å². The predicted molar refractivity (Wildman–Crippen MR) is 96.2 cm³/mol. The molecule has 126 valence electrons. The van der Waals surface area contributed by atoms with E-state index in [4.69, 9.17) is 0 Å². The van der Waals surface area contributed by atoms with E-state index in [0.29, 0.717) is 27.4 Å². The highest BCUT2D eigenvalue weighted by Crippen LogP contribution is 2.35. The Kier molecular flexibility index (Phi) is 2.85. The van der Waals surface area contributed by atoms with Crippen LogP contribution in [0.4, 0.5) is 0 Å². The third kappa shape index (κ3) is 1.99. The highest BCUT2D eigenvalue weighted by atomic mass is 16.3. The highest BCUT2D eigenvalue weighted by Gasteiger charge is 2.23. The first-order chi connectivity index (χ1) is 12.6. The van der Waals surface area contributed by atoms with Crippen LogP contribution in [0.15, 0.2) is 59.7 Å². The summed E-state index contributed by atoms with van der Waals surface area (Å²) < 4.78 is 0. The molecule has 0 fully saturated rings. The third-order valence-electron chi connectivity index (χ3n) is 4.63. The molecule has 0 saturated heterocycles. The van der Waals surface area contributed by atoms with Crippen LogP contribution < -0.4 is 10.6 Å². The van der Waals surface area contributed by atoms with Gasteiger partial charge < -0.3 is 20.2 Å². The molecule has 4 aromatic rings. The summed E-state index contributed by atoms with van der Waals surface area (Å²) in [5.41, 5.74) is 3.07. The fraction of sp³-hybridized carbons (Fsp3) is 0. The topological polar surface area (TPSA) is 101 Å². The Hall–Kier alpha value is -3.80. The molecule has 0 radical (unpaired) electrons. The number of hydrogen-bond acceptors (Lipinski definition) is 3. The number of nitrogens with one attached hydrogen (secondary N) is 2. The van der Waals surface area contributed by atoms with Crippen molar-refractivity contribution in [1.82, 2.24) is 9.97 Å². The summed E-state index contributed by atoms with van der Waals surface area (Å²) >= 11 is 0. The number of phenols is 1. The molecular formula is C20H13N3O3. The number of benzene rings is 2. The Balaban J connectivity index is 1.74. The van der Waals surface area contributed by atoms with Gasteiger partial charge in [-0.3, -0.25) is 4.79 Å². The van der Waals surface area contributed by atoms with Crippen LogP contribution in [0.5, 0.6) is 11.6 Å². The van der Waals surface area contributed by atoms with Crippen molar-refractivity contribution in [2.75, 3.05) is 0 Å². The maximum atomic E-state index is 12.4. The second kappa shape index (κ2) is 5.10. The van der Waals surface area contributed by atoms with Crippen LogP contribution in [0, 0.1) is 0 Å². The van der Waals surface area contributed by atoms with Gasteiger partial charge in [0, 0.05) is 27.9 Å². The van der Waals surface area contributed by atoms with Crippen molar-refractivity contribution in [2.45, 2.75) is 0 Å². The number of rotatable bonds is 2. The molecule has 26 heavy (non-hydrogen) atoms. The number of hydrogen-bond donors (Lipinski definition) is 4. The molecule has 2 aromatic heterocycles. The van der Waals surface area contributed by atoms with Gasteiger partial charge in [-0.25, -0.2) is 4.99 Å². The quantitative estimate of drug-likeness (QED) is 0.417. The molecule has 3 heterocycles. The van der Waals surface area contributed by atoms with Gasteiger partial charge in [0.25, 0.3) is 5.91 Å². The zero-order valence-corrected chi connectivity index (χ0v) is 13.4. The first-order valence-electron chi connectivity index (χ1n) is 8.07. The smallest absolute Gasteiger partial charge is 0.279 e. The minimum absolute atomic E-state index is 0.0928. The lowest BCUT2D eigenvalue weighted by Crippen LogP contribution is -2.22. The number of carbonyl (C=O) groups is 1. The van der Waals surface area contributed by atoms with Crippen molar-refractivity contribution >= 4 is 22.4 Å². The summed E-state index contributed by atoms with van der Waals surface area (Å²) in [5.74, 6) is -0.309. The summed E-state index contributed by atoms with van der Waals surface area (Å²) in [4.78, 5) is 22.5. The van der Waals surface area contributed by atoms with Crippen molar-refractivity contribution < 1.29 is 15.0 Å². The van der Waals surface area contributed by atoms with Gasteiger partial charge in [-0.2, -0.15) is 0 Å². The molecule has 6 nitrogen and oxygen atoms in total. The number of para-hydroxylation sites is 1. The SMILES string of the molecule is O=[13C]1N=c2ccccc2=[13C]1c1cc(-[13c]2[13cH][nH]c3ccc(O)cc32)[nH]c1O. The molecule has 4 N–H and O–H groups in total. The van der Waals surface area contributed by atoms with Gasteiger partial charge >= 0.3 is 0 Å². The molecule has 0 spiro atoms. The van der Waals surface area contributed by atoms with E-state index in [0.717, 1.165) is 16.5 Å². The number of fused-ring (bicyclic) bond motifs is 2. The van der Waals surface area contributed by atoms with Crippen LogP contribution in [-0.2, 0) is 4.79 Å². The summed E-state index contributed by atoms with van der Waals surface area (Å²) in [6.07, 6.45) is 1.79. The summed E-state index contributed by atoms with van der Waals surface area (Å²) in [5, 5.41) is 22.3. The van der Waals surface area contributed by atoms with E-state index in [2.05, 4.69) is 15.0 Å². The summed E-state index contributed by atoms with van der Waals surface area (Å²) in [6.45, 7) is 0. The predicted octanol–water partition coefficient (Wildman–Crippen LogP) is 1.93. The molecular weight excluding hydrogens is 334 g/mol.